The summed E-state index contributed by atoms with van der Waals surface area (Å²) in [6.07, 6.45) is 10.6. The molecule has 3 nitrogen and oxygen atoms in total. The van der Waals surface area contributed by atoms with Crippen LogP contribution in [0.5, 0.6) is 0 Å². The third-order valence-electron chi connectivity index (χ3n) is 4.20. The average molecular weight is 257 g/mol. The van der Waals surface area contributed by atoms with Gasteiger partial charge in [-0.15, -0.1) is 0 Å². The van der Waals surface area contributed by atoms with Gasteiger partial charge in [0.1, 0.15) is 5.52 Å². The fourth-order valence-electron chi connectivity index (χ4n) is 2.99. The van der Waals surface area contributed by atoms with Gasteiger partial charge in [-0.05, 0) is 18.9 Å². The zero-order chi connectivity index (χ0) is 13.5. The second-order valence-corrected chi connectivity index (χ2v) is 6.75. The predicted molar refractivity (Wildman–Crippen MR) is 78.4 cm³/mol. The topological polar surface area (TPSA) is 30.7 Å². The molecular weight excluding hydrogens is 234 g/mol. The Kier molecular flexibility index (Phi) is 3.08. The van der Waals surface area contributed by atoms with Crippen molar-refractivity contribution in [3.05, 3.63) is 24.3 Å². The van der Waals surface area contributed by atoms with Gasteiger partial charge in [-0.1, -0.05) is 40.0 Å². The molecule has 0 atom stereocenters. The van der Waals surface area contributed by atoms with E-state index in [1.54, 1.807) is 0 Å². The van der Waals surface area contributed by atoms with E-state index >= 15 is 0 Å². The van der Waals surface area contributed by atoms with Crippen LogP contribution in [-0.2, 0) is 5.41 Å². The number of fused-ring (bicyclic) bond motifs is 1. The van der Waals surface area contributed by atoms with E-state index in [2.05, 4.69) is 41.4 Å². The fraction of sp³-hybridized carbons (Fsp3) is 0.625. The van der Waals surface area contributed by atoms with E-state index < -0.39 is 0 Å². The van der Waals surface area contributed by atoms with E-state index in [0.717, 1.165) is 11.2 Å². The van der Waals surface area contributed by atoms with Crippen LogP contribution in [0.4, 0.5) is 0 Å². The second-order valence-electron chi connectivity index (χ2n) is 6.75. The fourth-order valence-corrected chi connectivity index (χ4v) is 2.99. The molecule has 102 valence electrons. The van der Waals surface area contributed by atoms with Gasteiger partial charge in [0.2, 0.25) is 0 Å². The number of hydrogen-bond acceptors (Lipinski definition) is 2. The van der Waals surface area contributed by atoms with E-state index in [1.807, 2.05) is 12.5 Å². The highest BCUT2D eigenvalue weighted by Gasteiger charge is 2.20. The Hall–Kier alpha value is -1.38. The third-order valence-corrected chi connectivity index (χ3v) is 4.20. The lowest BCUT2D eigenvalue weighted by Crippen LogP contribution is -2.15. The number of nitrogens with zero attached hydrogens (tertiary/aromatic N) is 3. The van der Waals surface area contributed by atoms with E-state index in [1.165, 1.54) is 37.6 Å². The maximum Gasteiger partial charge on any atom is 0.107 e. The Morgan fingerprint density at radius 2 is 1.84 bits per heavy atom. The highest BCUT2D eigenvalue weighted by molar-refractivity contribution is 5.75. The maximum absolute atomic E-state index is 4.56. The Balaban J connectivity index is 2.05. The zero-order valence-electron chi connectivity index (χ0n) is 12.2. The number of hydrogen-bond donors (Lipinski definition) is 0. The van der Waals surface area contributed by atoms with Crippen LogP contribution in [0.2, 0.25) is 0 Å². The van der Waals surface area contributed by atoms with Crippen LogP contribution in [0, 0.1) is 0 Å². The Morgan fingerprint density at radius 3 is 2.53 bits per heavy atom. The molecule has 1 aliphatic rings. The second kappa shape index (κ2) is 4.62. The number of aromatic nitrogens is 3. The minimum absolute atomic E-state index is 0.0931. The van der Waals surface area contributed by atoms with Crippen molar-refractivity contribution in [2.75, 3.05) is 0 Å². The van der Waals surface area contributed by atoms with Crippen LogP contribution in [0.3, 0.4) is 0 Å². The van der Waals surface area contributed by atoms with E-state index in [4.69, 9.17) is 0 Å². The summed E-state index contributed by atoms with van der Waals surface area (Å²) >= 11 is 0. The summed E-state index contributed by atoms with van der Waals surface area (Å²) in [5.74, 6) is 0. The first-order chi connectivity index (χ1) is 9.05. The maximum atomic E-state index is 4.56. The van der Waals surface area contributed by atoms with Crippen molar-refractivity contribution in [2.24, 2.45) is 0 Å². The van der Waals surface area contributed by atoms with Gasteiger partial charge in [0, 0.05) is 17.2 Å². The highest BCUT2D eigenvalue weighted by Crippen LogP contribution is 2.31. The highest BCUT2D eigenvalue weighted by atomic mass is 15.1. The van der Waals surface area contributed by atoms with Crippen LogP contribution in [0.1, 0.15) is 64.6 Å². The molecule has 0 radical (unpaired) electrons. The van der Waals surface area contributed by atoms with Gasteiger partial charge in [0.15, 0.2) is 0 Å². The summed E-state index contributed by atoms with van der Waals surface area (Å²) in [6, 6.07) is 2.87. The normalized spacial score (nSPS) is 18.1. The molecule has 0 bridgehead atoms. The molecular formula is C16H23N3. The molecule has 0 spiro atoms. The smallest absolute Gasteiger partial charge is 0.107 e. The largest absolute Gasteiger partial charge is 0.327 e. The summed E-state index contributed by atoms with van der Waals surface area (Å²) in [4.78, 5) is 9.08. The van der Waals surface area contributed by atoms with Crippen LogP contribution in [-0.4, -0.2) is 14.5 Å². The first-order valence-electron chi connectivity index (χ1n) is 7.39. The van der Waals surface area contributed by atoms with Crippen molar-refractivity contribution in [1.82, 2.24) is 14.5 Å². The van der Waals surface area contributed by atoms with Gasteiger partial charge < -0.3 is 4.57 Å². The van der Waals surface area contributed by atoms with Crippen LogP contribution >= 0.6 is 0 Å². The van der Waals surface area contributed by atoms with Crippen LogP contribution in [0.25, 0.3) is 11.0 Å². The molecule has 1 fully saturated rings. The first-order valence-corrected chi connectivity index (χ1v) is 7.39. The molecule has 0 unspecified atom stereocenters. The van der Waals surface area contributed by atoms with Gasteiger partial charge in [-0.25, -0.2) is 4.98 Å². The molecule has 2 aromatic heterocycles. The Bertz CT molecular complexity index is 571. The summed E-state index contributed by atoms with van der Waals surface area (Å²) in [5, 5.41) is 0. The molecule has 0 aliphatic heterocycles. The van der Waals surface area contributed by atoms with E-state index in [0.29, 0.717) is 6.04 Å². The number of pyridine rings is 1. The molecule has 0 amide bonds. The summed E-state index contributed by atoms with van der Waals surface area (Å²) in [7, 11) is 0. The third kappa shape index (κ3) is 2.38. The average Bonchev–Trinajstić information content (AvgIpc) is 2.81. The zero-order valence-corrected chi connectivity index (χ0v) is 12.2. The van der Waals surface area contributed by atoms with Crippen molar-refractivity contribution >= 4 is 11.0 Å². The standard InChI is InChI=1S/C16H23N3/c1-16(2,3)15-9-14-13(10-17-15)18-11-19(14)12-7-5-4-6-8-12/h9-12H,4-8H2,1-3H3. The van der Waals surface area contributed by atoms with Gasteiger partial charge >= 0.3 is 0 Å². The van der Waals surface area contributed by atoms with Gasteiger partial charge in [-0.3, -0.25) is 4.98 Å². The van der Waals surface area contributed by atoms with E-state index in [9.17, 15) is 0 Å². The van der Waals surface area contributed by atoms with Crippen molar-refractivity contribution in [1.29, 1.82) is 0 Å². The minimum atomic E-state index is 0.0931. The number of rotatable bonds is 1. The molecule has 0 N–H and O–H groups in total. The molecule has 3 heteroatoms. The van der Waals surface area contributed by atoms with Gasteiger partial charge in [0.25, 0.3) is 0 Å². The predicted octanol–water partition coefficient (Wildman–Crippen LogP) is 4.23. The molecule has 1 saturated carbocycles. The Labute approximate surface area is 115 Å². The lowest BCUT2D eigenvalue weighted by molar-refractivity contribution is 0.359. The summed E-state index contributed by atoms with van der Waals surface area (Å²) < 4.78 is 2.38. The van der Waals surface area contributed by atoms with Crippen molar-refractivity contribution in [3.63, 3.8) is 0 Å². The summed E-state index contributed by atoms with van der Waals surface area (Å²) in [5.41, 5.74) is 3.53. The first kappa shape index (κ1) is 12.6. The lowest BCUT2D eigenvalue weighted by Gasteiger charge is -2.24. The quantitative estimate of drug-likeness (QED) is 0.765. The molecule has 1 aliphatic carbocycles. The molecule has 0 saturated heterocycles. The van der Waals surface area contributed by atoms with Crippen LogP contribution < -0.4 is 0 Å². The monoisotopic (exact) mass is 257 g/mol. The summed E-state index contributed by atoms with van der Waals surface area (Å²) in [6.45, 7) is 6.63. The van der Waals surface area contributed by atoms with Crippen molar-refractivity contribution in [2.45, 2.75) is 64.3 Å². The van der Waals surface area contributed by atoms with Gasteiger partial charge in [0.05, 0.1) is 18.0 Å². The molecule has 3 rings (SSSR count). The van der Waals surface area contributed by atoms with E-state index in [-0.39, 0.29) is 5.41 Å². The molecule has 19 heavy (non-hydrogen) atoms. The van der Waals surface area contributed by atoms with Gasteiger partial charge in [-0.2, -0.15) is 0 Å². The Morgan fingerprint density at radius 1 is 1.11 bits per heavy atom. The SMILES string of the molecule is CC(C)(C)c1cc2c(cn1)ncn2C1CCCCC1. The molecule has 2 heterocycles. The lowest BCUT2D eigenvalue weighted by atomic mass is 9.91. The molecule has 0 aromatic carbocycles. The van der Waals surface area contributed by atoms with Crippen LogP contribution in [0.15, 0.2) is 18.6 Å². The van der Waals surface area contributed by atoms with Crippen molar-refractivity contribution < 1.29 is 0 Å². The molecule has 2 aromatic rings. The number of imidazole rings is 1. The minimum Gasteiger partial charge on any atom is -0.327 e. The van der Waals surface area contributed by atoms with Crippen molar-refractivity contribution in [3.8, 4) is 0 Å².